The summed E-state index contributed by atoms with van der Waals surface area (Å²) in [4.78, 5) is 23.6. The van der Waals surface area contributed by atoms with Gasteiger partial charge in [0.2, 0.25) is 0 Å². The van der Waals surface area contributed by atoms with E-state index in [-0.39, 0.29) is 30.9 Å². The summed E-state index contributed by atoms with van der Waals surface area (Å²) < 4.78 is 49.4. The Balaban J connectivity index is 1.68. The number of methoxy groups -OCH3 is 1. The van der Waals surface area contributed by atoms with Crippen LogP contribution in [0.3, 0.4) is 0 Å². The number of alkyl halides is 3. The normalized spacial score (nSPS) is 12.0. The molecule has 0 heterocycles. The molecule has 0 fully saturated rings. The minimum atomic E-state index is -4.37. The van der Waals surface area contributed by atoms with E-state index in [1.54, 1.807) is 12.1 Å². The van der Waals surface area contributed by atoms with Crippen LogP contribution in [-0.4, -0.2) is 25.5 Å². The Morgan fingerprint density at radius 3 is 2.03 bits per heavy atom. The molecule has 8 heteroatoms. The van der Waals surface area contributed by atoms with Crippen LogP contribution >= 0.6 is 0 Å². The van der Waals surface area contributed by atoms with Crippen molar-refractivity contribution in [2.45, 2.75) is 51.3 Å². The number of benzene rings is 3. The Morgan fingerprint density at radius 1 is 0.868 bits per heavy atom. The van der Waals surface area contributed by atoms with Crippen LogP contribution < -0.4 is 10.1 Å². The van der Waals surface area contributed by atoms with Gasteiger partial charge in [-0.05, 0) is 65.9 Å². The van der Waals surface area contributed by atoms with Gasteiger partial charge in [-0.25, -0.2) is 0 Å². The number of ether oxygens (including phenoxy) is 2. The Morgan fingerprint density at radius 2 is 1.47 bits per heavy atom. The maximum atomic E-state index is 12.8. The highest BCUT2D eigenvalue weighted by molar-refractivity contribution is 5.94. The van der Waals surface area contributed by atoms with Crippen molar-refractivity contribution < 1.29 is 32.2 Å². The summed E-state index contributed by atoms with van der Waals surface area (Å²) >= 11 is 0. The van der Waals surface area contributed by atoms with Crippen LogP contribution in [0.1, 0.15) is 66.6 Å². The SMILES string of the molecule is CCCCCC(Oc1ccc(-c2ccc(C(F)(F)F)cc2)cc1)c1ccc(C(=O)NCCC(=O)OC)cc1. The molecule has 3 rings (SSSR count). The summed E-state index contributed by atoms with van der Waals surface area (Å²) in [7, 11) is 1.30. The molecule has 0 saturated heterocycles. The van der Waals surface area contributed by atoms with E-state index in [1.807, 2.05) is 36.4 Å². The highest BCUT2D eigenvalue weighted by Gasteiger charge is 2.30. The molecule has 38 heavy (non-hydrogen) atoms. The Labute approximate surface area is 221 Å². The van der Waals surface area contributed by atoms with E-state index in [2.05, 4.69) is 17.0 Å². The average Bonchev–Trinajstić information content (AvgIpc) is 2.92. The largest absolute Gasteiger partial charge is 0.486 e. The van der Waals surface area contributed by atoms with Crippen LogP contribution in [0.15, 0.2) is 72.8 Å². The summed E-state index contributed by atoms with van der Waals surface area (Å²) in [5.41, 5.74) is 2.20. The first kappa shape index (κ1) is 28.8. The molecule has 1 unspecified atom stereocenters. The molecule has 0 radical (unpaired) electrons. The fraction of sp³-hybridized carbons (Fsp3) is 0.333. The minimum Gasteiger partial charge on any atom is -0.486 e. The standard InChI is InChI=1S/C30H32F3NO4/c1-3-4-5-6-27(23-7-9-24(10-8-23)29(36)34-20-19-28(35)37-2)38-26-17-13-22(14-18-26)21-11-15-25(16-12-21)30(31,32)33/h7-18,27H,3-6,19-20H2,1-2H3,(H,34,36). The van der Waals surface area contributed by atoms with Crippen molar-refractivity contribution in [3.8, 4) is 16.9 Å². The number of carbonyl (C=O) groups is 2. The van der Waals surface area contributed by atoms with Crippen molar-refractivity contribution in [1.82, 2.24) is 5.32 Å². The van der Waals surface area contributed by atoms with Crippen molar-refractivity contribution in [1.29, 1.82) is 0 Å². The van der Waals surface area contributed by atoms with Gasteiger partial charge in [-0.15, -0.1) is 0 Å². The summed E-state index contributed by atoms with van der Waals surface area (Å²) in [6, 6.07) is 19.5. The topological polar surface area (TPSA) is 64.6 Å². The molecule has 0 aliphatic heterocycles. The van der Waals surface area contributed by atoms with Crippen LogP contribution in [-0.2, 0) is 15.7 Å². The molecule has 202 valence electrons. The van der Waals surface area contributed by atoms with Crippen LogP contribution in [0.2, 0.25) is 0 Å². The van der Waals surface area contributed by atoms with Crippen molar-refractivity contribution in [3.63, 3.8) is 0 Å². The van der Waals surface area contributed by atoms with E-state index in [0.717, 1.165) is 48.9 Å². The van der Waals surface area contributed by atoms with Gasteiger partial charge in [0.15, 0.2) is 0 Å². The maximum Gasteiger partial charge on any atom is 0.416 e. The van der Waals surface area contributed by atoms with E-state index in [1.165, 1.54) is 19.2 Å². The fourth-order valence-electron chi connectivity index (χ4n) is 3.95. The second-order valence-electron chi connectivity index (χ2n) is 8.91. The summed E-state index contributed by atoms with van der Waals surface area (Å²) in [5, 5.41) is 2.70. The molecule has 0 bridgehead atoms. The van der Waals surface area contributed by atoms with Gasteiger partial charge in [0, 0.05) is 12.1 Å². The number of halogens is 3. The maximum absolute atomic E-state index is 12.8. The van der Waals surface area contributed by atoms with Gasteiger partial charge in [-0.2, -0.15) is 13.2 Å². The molecule has 0 saturated carbocycles. The molecule has 0 spiro atoms. The lowest BCUT2D eigenvalue weighted by Gasteiger charge is -2.20. The van der Waals surface area contributed by atoms with Gasteiger partial charge in [0.25, 0.3) is 5.91 Å². The number of esters is 1. The third kappa shape index (κ3) is 8.36. The summed E-state index contributed by atoms with van der Waals surface area (Å²) in [6.45, 7) is 2.32. The molecule has 1 atom stereocenters. The van der Waals surface area contributed by atoms with Gasteiger partial charge < -0.3 is 14.8 Å². The van der Waals surface area contributed by atoms with Gasteiger partial charge in [-0.1, -0.05) is 56.2 Å². The fourth-order valence-corrected chi connectivity index (χ4v) is 3.95. The number of carbonyl (C=O) groups excluding carboxylic acids is 2. The predicted octanol–water partition coefficient (Wildman–Crippen LogP) is 7.37. The zero-order valence-corrected chi connectivity index (χ0v) is 21.5. The smallest absolute Gasteiger partial charge is 0.416 e. The first-order valence-electron chi connectivity index (χ1n) is 12.6. The van der Waals surface area contributed by atoms with Crippen molar-refractivity contribution in [2.24, 2.45) is 0 Å². The molecular weight excluding hydrogens is 495 g/mol. The van der Waals surface area contributed by atoms with Crippen LogP contribution in [0.5, 0.6) is 5.75 Å². The van der Waals surface area contributed by atoms with E-state index in [4.69, 9.17) is 4.74 Å². The third-order valence-corrected chi connectivity index (χ3v) is 6.14. The molecule has 0 aliphatic rings. The lowest BCUT2D eigenvalue weighted by molar-refractivity contribution is -0.140. The number of unbranched alkanes of at least 4 members (excludes halogenated alkanes) is 2. The average molecular weight is 528 g/mol. The van der Waals surface area contributed by atoms with Gasteiger partial charge in [0.1, 0.15) is 11.9 Å². The molecule has 0 aromatic heterocycles. The minimum absolute atomic E-state index is 0.103. The number of rotatable bonds is 12. The van der Waals surface area contributed by atoms with Crippen molar-refractivity contribution in [3.05, 3.63) is 89.5 Å². The van der Waals surface area contributed by atoms with Crippen molar-refractivity contribution >= 4 is 11.9 Å². The van der Waals surface area contributed by atoms with Crippen LogP contribution in [0, 0.1) is 0 Å². The quantitative estimate of drug-likeness (QED) is 0.197. The van der Waals surface area contributed by atoms with Gasteiger partial charge >= 0.3 is 12.1 Å². The van der Waals surface area contributed by atoms with Crippen LogP contribution in [0.25, 0.3) is 11.1 Å². The Kier molecular flexibility index (Phi) is 10.3. The number of amides is 1. The van der Waals surface area contributed by atoms with Gasteiger partial charge in [-0.3, -0.25) is 9.59 Å². The monoisotopic (exact) mass is 527 g/mol. The lowest BCUT2D eigenvalue weighted by atomic mass is 10.0. The zero-order chi connectivity index (χ0) is 27.5. The van der Waals surface area contributed by atoms with E-state index >= 15 is 0 Å². The Bertz CT molecular complexity index is 1170. The highest BCUT2D eigenvalue weighted by Crippen LogP contribution is 2.32. The molecule has 1 amide bonds. The molecular formula is C30H32F3NO4. The first-order chi connectivity index (χ1) is 18.2. The molecule has 0 aliphatic carbocycles. The van der Waals surface area contributed by atoms with Gasteiger partial charge in [0.05, 0.1) is 19.1 Å². The lowest BCUT2D eigenvalue weighted by Crippen LogP contribution is -2.26. The van der Waals surface area contributed by atoms with E-state index in [9.17, 15) is 22.8 Å². The number of hydrogen-bond acceptors (Lipinski definition) is 4. The number of hydrogen-bond donors (Lipinski definition) is 1. The second kappa shape index (κ2) is 13.7. The molecule has 3 aromatic carbocycles. The highest BCUT2D eigenvalue weighted by atomic mass is 19.4. The van der Waals surface area contributed by atoms with E-state index < -0.39 is 11.7 Å². The Hall–Kier alpha value is -3.81. The molecule has 1 N–H and O–H groups in total. The van der Waals surface area contributed by atoms with Crippen LogP contribution in [0.4, 0.5) is 13.2 Å². The third-order valence-electron chi connectivity index (χ3n) is 6.14. The predicted molar refractivity (Wildman–Crippen MR) is 140 cm³/mol. The second-order valence-corrected chi connectivity index (χ2v) is 8.91. The number of nitrogens with one attached hydrogen (secondary N) is 1. The summed E-state index contributed by atoms with van der Waals surface area (Å²) in [6.07, 6.45) is -0.595. The zero-order valence-electron chi connectivity index (χ0n) is 21.5. The molecule has 3 aromatic rings. The first-order valence-corrected chi connectivity index (χ1v) is 12.6. The van der Waals surface area contributed by atoms with Crippen molar-refractivity contribution in [2.75, 3.05) is 13.7 Å². The van der Waals surface area contributed by atoms with E-state index in [0.29, 0.717) is 16.9 Å². The molecule has 5 nitrogen and oxygen atoms in total. The summed E-state index contributed by atoms with van der Waals surface area (Å²) in [5.74, 6) is -0.0188.